The maximum absolute atomic E-state index is 14.5. The van der Waals surface area contributed by atoms with Gasteiger partial charge in [-0.25, -0.2) is 8.78 Å². The van der Waals surface area contributed by atoms with Crippen LogP contribution < -0.4 is 21.7 Å². The Balaban J connectivity index is 1.22. The van der Waals surface area contributed by atoms with E-state index < -0.39 is 40.2 Å². The number of carbonyl (C=O) groups excluding carboxylic acids is 3. The molecular formula is C40H51F2N7O5. The zero-order valence-electron chi connectivity index (χ0n) is 31.6. The van der Waals surface area contributed by atoms with Gasteiger partial charge in [-0.05, 0) is 88.5 Å². The van der Waals surface area contributed by atoms with Gasteiger partial charge in [-0.15, -0.1) is 0 Å². The van der Waals surface area contributed by atoms with Gasteiger partial charge in [0.2, 0.25) is 11.8 Å². The van der Waals surface area contributed by atoms with Crippen molar-refractivity contribution in [1.29, 1.82) is 0 Å². The van der Waals surface area contributed by atoms with Crippen LogP contribution in [-0.4, -0.2) is 70.3 Å². The molecule has 2 aliphatic rings. The Morgan fingerprint density at radius 1 is 1.04 bits per heavy atom. The lowest BCUT2D eigenvalue weighted by Gasteiger charge is -2.39. The lowest BCUT2D eigenvalue weighted by molar-refractivity contribution is -0.130. The Bertz CT molecular complexity index is 1890. The molecule has 0 radical (unpaired) electrons. The standard InChI is InChI=1S/C40H51F2N7O5/c1-25-10-11-27(20-31(25)45-22-29-30(41)12-13-33(50)35(29)42)37(53)49-23-28-9-7-6-8-26(28)21-32(49)36(52)46-38(2,3)24-54-39(4,5)15-14-34(51)44-19-17-40(16-18-43)47-48-40/h6-13,20,32,45,50H,14-19,21-24,43H2,1-5H3,(H,44,51)(H,46,52)/t32-/m0/s1. The Hall–Kier alpha value is -4.95. The zero-order valence-corrected chi connectivity index (χ0v) is 31.6. The highest BCUT2D eigenvalue weighted by Crippen LogP contribution is 2.34. The van der Waals surface area contributed by atoms with Crippen LogP contribution in [0.1, 0.15) is 86.0 Å². The van der Waals surface area contributed by atoms with Crippen LogP contribution >= 0.6 is 0 Å². The average Bonchev–Trinajstić information content (AvgIpc) is 3.90. The SMILES string of the molecule is Cc1ccc(C(=O)N2Cc3ccccc3C[C@H]2C(=O)NC(C)(C)COC(C)(C)CCC(=O)NCCC2(CCN)N=N2)cc1NCc1c(F)ccc(O)c1F. The third-order valence-corrected chi connectivity index (χ3v) is 9.93. The number of aryl methyl sites for hydroxylation is 1. The molecule has 0 unspecified atom stereocenters. The van der Waals surface area contributed by atoms with Gasteiger partial charge in [0, 0.05) is 62.1 Å². The van der Waals surface area contributed by atoms with Gasteiger partial charge in [0.15, 0.2) is 17.2 Å². The number of anilines is 1. The van der Waals surface area contributed by atoms with Crippen LogP contribution in [0.2, 0.25) is 0 Å². The molecule has 0 saturated heterocycles. The minimum absolute atomic E-state index is 0.0964. The van der Waals surface area contributed by atoms with Crippen molar-refractivity contribution in [2.45, 2.75) is 103 Å². The lowest BCUT2D eigenvalue weighted by atomic mass is 9.92. The van der Waals surface area contributed by atoms with Crippen LogP contribution in [0.25, 0.3) is 0 Å². The zero-order chi connectivity index (χ0) is 39.3. The van der Waals surface area contributed by atoms with E-state index in [-0.39, 0.29) is 55.0 Å². The summed E-state index contributed by atoms with van der Waals surface area (Å²) in [5, 5.41) is 26.9. The smallest absolute Gasteiger partial charge is 0.254 e. The summed E-state index contributed by atoms with van der Waals surface area (Å²) in [7, 11) is 0. The number of halogens is 2. The van der Waals surface area contributed by atoms with Crippen molar-refractivity contribution in [1.82, 2.24) is 15.5 Å². The van der Waals surface area contributed by atoms with Gasteiger partial charge in [-0.1, -0.05) is 30.3 Å². The summed E-state index contributed by atoms with van der Waals surface area (Å²) < 4.78 is 35.1. The topological polar surface area (TPSA) is 171 Å². The number of nitrogens with zero attached hydrogens (tertiary/aromatic N) is 3. The molecular weight excluding hydrogens is 696 g/mol. The van der Waals surface area contributed by atoms with Crippen molar-refractivity contribution in [3.8, 4) is 5.75 Å². The van der Waals surface area contributed by atoms with E-state index in [0.717, 1.165) is 28.8 Å². The molecule has 0 aliphatic carbocycles. The predicted molar refractivity (Wildman–Crippen MR) is 201 cm³/mol. The molecule has 3 aromatic carbocycles. The average molecular weight is 748 g/mol. The Kier molecular flexibility index (Phi) is 12.4. The number of nitrogens with one attached hydrogen (secondary N) is 3. The van der Waals surface area contributed by atoms with E-state index in [2.05, 4.69) is 26.2 Å². The summed E-state index contributed by atoms with van der Waals surface area (Å²) in [6.45, 7) is 10.3. The number of ether oxygens (including phenoxy) is 1. The number of carbonyl (C=O) groups is 3. The number of hydrogen-bond donors (Lipinski definition) is 5. The van der Waals surface area contributed by atoms with Gasteiger partial charge in [0.05, 0.1) is 17.7 Å². The van der Waals surface area contributed by atoms with E-state index >= 15 is 0 Å². The molecule has 1 atom stereocenters. The van der Waals surface area contributed by atoms with Crippen LogP contribution in [-0.2, 0) is 33.8 Å². The Morgan fingerprint density at radius 3 is 2.46 bits per heavy atom. The van der Waals surface area contributed by atoms with Gasteiger partial charge >= 0.3 is 0 Å². The third kappa shape index (κ3) is 10.2. The molecule has 0 saturated carbocycles. The normalized spacial score (nSPS) is 16.1. The van der Waals surface area contributed by atoms with E-state index in [1.165, 1.54) is 0 Å². The Labute approximate surface area is 314 Å². The van der Waals surface area contributed by atoms with Gasteiger partial charge in [-0.3, -0.25) is 14.4 Å². The second kappa shape index (κ2) is 16.6. The predicted octanol–water partition coefficient (Wildman–Crippen LogP) is 5.65. The quantitative estimate of drug-likeness (QED) is 0.119. The molecule has 54 heavy (non-hydrogen) atoms. The summed E-state index contributed by atoms with van der Waals surface area (Å²) in [6, 6.07) is 13.8. The molecule has 290 valence electrons. The molecule has 2 heterocycles. The minimum Gasteiger partial charge on any atom is -0.505 e. The molecule has 0 bridgehead atoms. The van der Waals surface area contributed by atoms with Gasteiger partial charge in [-0.2, -0.15) is 10.2 Å². The molecule has 6 N–H and O–H groups in total. The van der Waals surface area contributed by atoms with E-state index in [0.29, 0.717) is 44.5 Å². The highest BCUT2D eigenvalue weighted by Gasteiger charge is 2.39. The number of aromatic hydroxyl groups is 1. The second-order valence-corrected chi connectivity index (χ2v) is 15.4. The summed E-state index contributed by atoms with van der Waals surface area (Å²) >= 11 is 0. The van der Waals surface area contributed by atoms with Crippen LogP contribution in [0.4, 0.5) is 14.5 Å². The summed E-state index contributed by atoms with van der Waals surface area (Å²) in [5.41, 5.74) is 6.75. The van der Waals surface area contributed by atoms with E-state index in [9.17, 15) is 28.3 Å². The molecule has 0 aromatic heterocycles. The minimum atomic E-state index is -1.06. The van der Waals surface area contributed by atoms with E-state index in [1.807, 2.05) is 52.0 Å². The molecule has 5 rings (SSSR count). The molecule has 3 aromatic rings. The number of fused-ring (bicyclic) bond motifs is 1. The number of phenolic OH excluding ortho intramolecular Hbond substituents is 1. The van der Waals surface area contributed by atoms with Crippen molar-refractivity contribution in [2.24, 2.45) is 16.0 Å². The largest absolute Gasteiger partial charge is 0.505 e. The van der Waals surface area contributed by atoms with Gasteiger partial charge in [0.25, 0.3) is 5.91 Å². The summed E-state index contributed by atoms with van der Waals surface area (Å²) in [6.07, 6.45) is 2.30. The Morgan fingerprint density at radius 2 is 1.76 bits per heavy atom. The van der Waals surface area contributed by atoms with E-state index in [4.69, 9.17) is 10.5 Å². The molecule has 0 fully saturated rings. The summed E-state index contributed by atoms with van der Waals surface area (Å²) in [4.78, 5) is 42.3. The van der Waals surface area contributed by atoms with Crippen LogP contribution in [0, 0.1) is 18.6 Å². The molecule has 0 spiro atoms. The number of nitrogens with two attached hydrogens (primary N) is 1. The van der Waals surface area contributed by atoms with Crippen LogP contribution in [0.15, 0.2) is 64.8 Å². The molecule has 12 nitrogen and oxygen atoms in total. The first-order valence-electron chi connectivity index (χ1n) is 18.3. The van der Waals surface area contributed by atoms with Crippen molar-refractivity contribution in [2.75, 3.05) is 25.0 Å². The first kappa shape index (κ1) is 40.2. The van der Waals surface area contributed by atoms with Gasteiger partial charge in [0.1, 0.15) is 11.9 Å². The fourth-order valence-corrected chi connectivity index (χ4v) is 6.45. The van der Waals surface area contributed by atoms with Crippen LogP contribution in [0.5, 0.6) is 5.75 Å². The highest BCUT2D eigenvalue weighted by atomic mass is 19.1. The number of hydrogen-bond acceptors (Lipinski definition) is 9. The molecule has 14 heteroatoms. The number of benzene rings is 3. The number of phenols is 1. The third-order valence-electron chi connectivity index (χ3n) is 9.93. The van der Waals surface area contributed by atoms with Crippen molar-refractivity contribution >= 4 is 23.4 Å². The fraction of sp³-hybridized carbons (Fsp3) is 0.475. The van der Waals surface area contributed by atoms with Crippen molar-refractivity contribution in [3.05, 3.63) is 94.0 Å². The lowest BCUT2D eigenvalue weighted by Crippen LogP contribution is -2.58. The fourth-order valence-electron chi connectivity index (χ4n) is 6.45. The second-order valence-electron chi connectivity index (χ2n) is 15.4. The number of amides is 3. The summed E-state index contributed by atoms with van der Waals surface area (Å²) in [5.74, 6) is -3.35. The molecule has 2 aliphatic heterocycles. The molecule has 3 amide bonds. The number of rotatable bonds is 17. The maximum atomic E-state index is 14.5. The van der Waals surface area contributed by atoms with Gasteiger partial charge < -0.3 is 36.4 Å². The monoisotopic (exact) mass is 747 g/mol. The van der Waals surface area contributed by atoms with Crippen LogP contribution in [0.3, 0.4) is 0 Å². The van der Waals surface area contributed by atoms with Crippen molar-refractivity contribution < 1.29 is 33.0 Å². The maximum Gasteiger partial charge on any atom is 0.254 e. The van der Waals surface area contributed by atoms with Crippen molar-refractivity contribution in [3.63, 3.8) is 0 Å². The first-order valence-corrected chi connectivity index (χ1v) is 18.3. The highest BCUT2D eigenvalue weighted by molar-refractivity contribution is 5.99. The van der Waals surface area contributed by atoms with E-state index in [1.54, 1.807) is 30.0 Å². The first-order chi connectivity index (χ1) is 25.5.